The minimum atomic E-state index is -0.257. The number of hydrogen-bond acceptors (Lipinski definition) is 4. The molecular formula is C20H18ClN3O2. The van der Waals surface area contributed by atoms with Crippen LogP contribution in [0.2, 0.25) is 5.02 Å². The smallest absolute Gasteiger partial charge is 0.257 e. The molecule has 0 aliphatic heterocycles. The molecule has 132 valence electrons. The number of benzene rings is 2. The van der Waals surface area contributed by atoms with Crippen LogP contribution >= 0.6 is 11.6 Å². The zero-order valence-electron chi connectivity index (χ0n) is 14.2. The summed E-state index contributed by atoms with van der Waals surface area (Å²) in [4.78, 5) is 16.6. The van der Waals surface area contributed by atoms with Crippen molar-refractivity contribution in [3.63, 3.8) is 0 Å². The Morgan fingerprint density at radius 2 is 1.85 bits per heavy atom. The Bertz CT molecular complexity index is 880. The molecule has 1 heterocycles. The van der Waals surface area contributed by atoms with E-state index in [4.69, 9.17) is 16.3 Å². The van der Waals surface area contributed by atoms with Crippen molar-refractivity contribution >= 4 is 29.0 Å². The number of anilines is 2. The molecule has 0 radical (unpaired) electrons. The number of hydrogen-bond donors (Lipinski definition) is 2. The van der Waals surface area contributed by atoms with Gasteiger partial charge >= 0.3 is 0 Å². The van der Waals surface area contributed by atoms with E-state index in [1.165, 1.54) is 6.20 Å². The summed E-state index contributed by atoms with van der Waals surface area (Å²) >= 11 is 6.05. The van der Waals surface area contributed by atoms with Gasteiger partial charge in [0.05, 0.1) is 23.4 Å². The zero-order chi connectivity index (χ0) is 18.4. The van der Waals surface area contributed by atoms with Crippen LogP contribution in [-0.4, -0.2) is 18.0 Å². The summed E-state index contributed by atoms with van der Waals surface area (Å²) < 4.78 is 5.14. The molecule has 26 heavy (non-hydrogen) atoms. The van der Waals surface area contributed by atoms with Crippen molar-refractivity contribution in [1.29, 1.82) is 0 Å². The number of amides is 1. The Morgan fingerprint density at radius 3 is 2.50 bits per heavy atom. The van der Waals surface area contributed by atoms with E-state index < -0.39 is 0 Å². The molecular weight excluding hydrogens is 350 g/mol. The molecule has 1 amide bonds. The number of nitrogens with one attached hydrogen (secondary N) is 2. The lowest BCUT2D eigenvalue weighted by Gasteiger charge is -2.09. The molecule has 3 rings (SSSR count). The Labute approximate surface area is 157 Å². The minimum absolute atomic E-state index is 0.257. The average Bonchev–Trinajstić information content (AvgIpc) is 2.69. The predicted molar refractivity (Wildman–Crippen MR) is 104 cm³/mol. The molecule has 0 unspecified atom stereocenters. The maximum absolute atomic E-state index is 12.3. The van der Waals surface area contributed by atoms with Crippen molar-refractivity contribution in [2.75, 3.05) is 17.7 Å². The quantitative estimate of drug-likeness (QED) is 0.668. The van der Waals surface area contributed by atoms with Gasteiger partial charge in [0, 0.05) is 12.7 Å². The Morgan fingerprint density at radius 1 is 1.08 bits per heavy atom. The summed E-state index contributed by atoms with van der Waals surface area (Å²) in [5, 5.41) is 6.48. The molecule has 0 bridgehead atoms. The molecule has 0 saturated heterocycles. The fourth-order valence-corrected chi connectivity index (χ4v) is 2.51. The molecule has 0 spiro atoms. The van der Waals surface area contributed by atoms with Crippen LogP contribution in [-0.2, 0) is 6.54 Å². The lowest BCUT2D eigenvalue weighted by molar-refractivity contribution is 0.102. The van der Waals surface area contributed by atoms with Crippen LogP contribution in [0.1, 0.15) is 15.9 Å². The second-order valence-corrected chi connectivity index (χ2v) is 5.97. The highest BCUT2D eigenvalue weighted by molar-refractivity contribution is 6.33. The van der Waals surface area contributed by atoms with E-state index in [9.17, 15) is 4.79 Å². The van der Waals surface area contributed by atoms with Crippen molar-refractivity contribution in [3.05, 3.63) is 83.0 Å². The summed E-state index contributed by atoms with van der Waals surface area (Å²) in [5.41, 5.74) is 2.13. The summed E-state index contributed by atoms with van der Waals surface area (Å²) in [6.07, 6.45) is 1.53. The Hall–Kier alpha value is -3.05. The highest BCUT2D eigenvalue weighted by Gasteiger charge is 2.08. The van der Waals surface area contributed by atoms with Gasteiger partial charge in [0.15, 0.2) is 0 Å². The van der Waals surface area contributed by atoms with Gasteiger partial charge in [-0.2, -0.15) is 0 Å². The molecule has 6 heteroatoms. The summed E-state index contributed by atoms with van der Waals surface area (Å²) in [6.45, 7) is 0.627. The molecule has 0 aliphatic rings. The fraction of sp³-hybridized carbons (Fsp3) is 0.100. The monoisotopic (exact) mass is 367 g/mol. The maximum atomic E-state index is 12.3. The molecule has 0 atom stereocenters. The number of aromatic nitrogens is 1. The second-order valence-electron chi connectivity index (χ2n) is 5.57. The number of halogens is 1. The normalized spacial score (nSPS) is 10.2. The lowest BCUT2D eigenvalue weighted by Crippen LogP contribution is -2.12. The van der Waals surface area contributed by atoms with E-state index >= 15 is 0 Å². The van der Waals surface area contributed by atoms with Gasteiger partial charge in [0.2, 0.25) is 0 Å². The number of pyridine rings is 1. The summed E-state index contributed by atoms with van der Waals surface area (Å²) in [7, 11) is 1.64. The van der Waals surface area contributed by atoms with Crippen molar-refractivity contribution in [2.45, 2.75) is 6.54 Å². The van der Waals surface area contributed by atoms with Crippen LogP contribution in [0.15, 0.2) is 66.9 Å². The largest absolute Gasteiger partial charge is 0.497 e. The first kappa shape index (κ1) is 17.8. The van der Waals surface area contributed by atoms with Gasteiger partial charge in [0.1, 0.15) is 11.6 Å². The third-order valence-corrected chi connectivity index (χ3v) is 4.11. The van der Waals surface area contributed by atoms with E-state index in [1.54, 1.807) is 31.4 Å². The molecule has 5 nitrogen and oxygen atoms in total. The number of carbonyl (C=O) groups excluding carboxylic acids is 1. The third kappa shape index (κ3) is 4.52. The summed E-state index contributed by atoms with van der Waals surface area (Å²) in [6, 6.07) is 18.4. The van der Waals surface area contributed by atoms with Gasteiger partial charge in [0.25, 0.3) is 5.91 Å². The first-order valence-electron chi connectivity index (χ1n) is 8.04. The number of para-hydroxylation sites is 1. The standard InChI is InChI=1S/C20H18ClN3O2/c1-26-16-9-6-14(7-10-16)12-22-19-11-8-15(13-23-19)20(25)24-18-5-3-2-4-17(18)21/h2-11,13H,12H2,1H3,(H,22,23)(H,24,25). The molecule has 3 aromatic rings. The van der Waals surface area contributed by atoms with E-state index in [2.05, 4.69) is 15.6 Å². The molecule has 2 N–H and O–H groups in total. The van der Waals surface area contributed by atoms with Crippen molar-refractivity contribution in [3.8, 4) is 5.75 Å². The van der Waals surface area contributed by atoms with Crippen molar-refractivity contribution < 1.29 is 9.53 Å². The molecule has 0 saturated carbocycles. The minimum Gasteiger partial charge on any atom is -0.497 e. The van der Waals surface area contributed by atoms with E-state index in [1.807, 2.05) is 36.4 Å². The van der Waals surface area contributed by atoms with Gasteiger partial charge in [-0.3, -0.25) is 4.79 Å². The van der Waals surface area contributed by atoms with E-state index in [-0.39, 0.29) is 5.91 Å². The van der Waals surface area contributed by atoms with Crippen LogP contribution in [0.5, 0.6) is 5.75 Å². The van der Waals surface area contributed by atoms with Crippen LogP contribution in [0.4, 0.5) is 11.5 Å². The van der Waals surface area contributed by atoms with Gasteiger partial charge in [-0.05, 0) is 42.0 Å². The van der Waals surface area contributed by atoms with Crippen LogP contribution < -0.4 is 15.4 Å². The molecule has 2 aromatic carbocycles. The number of rotatable bonds is 6. The molecule has 1 aromatic heterocycles. The van der Waals surface area contributed by atoms with Gasteiger partial charge < -0.3 is 15.4 Å². The average molecular weight is 368 g/mol. The van der Waals surface area contributed by atoms with Crippen LogP contribution in [0.3, 0.4) is 0 Å². The highest BCUT2D eigenvalue weighted by atomic mass is 35.5. The molecule has 0 aliphatic carbocycles. The van der Waals surface area contributed by atoms with Gasteiger partial charge in [-0.15, -0.1) is 0 Å². The van der Waals surface area contributed by atoms with Crippen molar-refractivity contribution in [2.24, 2.45) is 0 Å². The first-order valence-corrected chi connectivity index (χ1v) is 8.42. The Balaban J connectivity index is 1.59. The lowest BCUT2D eigenvalue weighted by atomic mass is 10.2. The van der Waals surface area contributed by atoms with Crippen LogP contribution in [0, 0.1) is 0 Å². The highest BCUT2D eigenvalue weighted by Crippen LogP contribution is 2.21. The maximum Gasteiger partial charge on any atom is 0.257 e. The summed E-state index contributed by atoms with van der Waals surface area (Å²) in [5.74, 6) is 1.25. The first-order chi connectivity index (χ1) is 12.7. The number of ether oxygens (including phenoxy) is 1. The third-order valence-electron chi connectivity index (χ3n) is 3.78. The SMILES string of the molecule is COc1ccc(CNc2ccc(C(=O)Nc3ccccc3Cl)cn2)cc1. The molecule has 0 fully saturated rings. The van der Waals surface area contributed by atoms with Crippen molar-refractivity contribution in [1.82, 2.24) is 4.98 Å². The predicted octanol–water partition coefficient (Wildman–Crippen LogP) is 4.61. The van der Waals surface area contributed by atoms with E-state index in [0.29, 0.717) is 28.6 Å². The number of methoxy groups -OCH3 is 1. The van der Waals surface area contributed by atoms with Crippen LogP contribution in [0.25, 0.3) is 0 Å². The Kier molecular flexibility index (Phi) is 5.71. The topological polar surface area (TPSA) is 63.2 Å². The fourth-order valence-electron chi connectivity index (χ4n) is 2.33. The zero-order valence-corrected chi connectivity index (χ0v) is 15.0. The number of carbonyl (C=O) groups is 1. The second kappa shape index (κ2) is 8.36. The van der Waals surface area contributed by atoms with E-state index in [0.717, 1.165) is 11.3 Å². The van der Waals surface area contributed by atoms with Gasteiger partial charge in [-0.1, -0.05) is 35.9 Å². The number of nitrogens with zero attached hydrogens (tertiary/aromatic N) is 1. The van der Waals surface area contributed by atoms with Gasteiger partial charge in [-0.25, -0.2) is 4.98 Å².